The summed E-state index contributed by atoms with van der Waals surface area (Å²) >= 11 is -1.99. The van der Waals surface area contributed by atoms with Crippen LogP contribution >= 0.6 is 0 Å². The Kier molecular flexibility index (Phi) is 1.85. The van der Waals surface area contributed by atoms with Crippen LogP contribution in [0.25, 0.3) is 0 Å². The third-order valence-electron chi connectivity index (χ3n) is 1.78. The Hall–Kier alpha value is -1.69. The molecule has 1 aromatic rings. The van der Waals surface area contributed by atoms with Crippen LogP contribution in [0.4, 0.5) is 0 Å². The highest BCUT2D eigenvalue weighted by Gasteiger charge is 2.32. The lowest BCUT2D eigenvalue weighted by molar-refractivity contribution is 0.0692. The number of rotatable bonds is 1. The van der Waals surface area contributed by atoms with Gasteiger partial charge < -0.3 is 9.29 Å². The quantitative estimate of drug-likeness (QED) is 0.736. The van der Waals surface area contributed by atoms with Gasteiger partial charge in [-0.25, -0.2) is 13.8 Å². The van der Waals surface area contributed by atoms with Crippen LogP contribution in [0.2, 0.25) is 0 Å². The zero-order valence-corrected chi connectivity index (χ0v) is 7.54. The van der Waals surface area contributed by atoms with Crippen LogP contribution < -0.4 is 0 Å². The van der Waals surface area contributed by atoms with E-state index in [-0.39, 0.29) is 16.0 Å². The molecule has 1 N–H and O–H groups in total. The van der Waals surface area contributed by atoms with Gasteiger partial charge >= 0.3 is 11.9 Å². The summed E-state index contributed by atoms with van der Waals surface area (Å²) in [5.41, 5.74) is -0.102. The van der Waals surface area contributed by atoms with Crippen molar-refractivity contribution in [3.63, 3.8) is 0 Å². The summed E-state index contributed by atoms with van der Waals surface area (Å²) in [6, 6.07) is 4.07. The molecule has 72 valence electrons. The van der Waals surface area contributed by atoms with Gasteiger partial charge in [-0.2, -0.15) is 0 Å². The van der Waals surface area contributed by atoms with Gasteiger partial charge in [-0.05, 0) is 12.1 Å². The average Bonchev–Trinajstić information content (AvgIpc) is 2.43. The molecule has 14 heavy (non-hydrogen) atoms. The van der Waals surface area contributed by atoms with Crippen LogP contribution in [0.15, 0.2) is 23.1 Å². The van der Waals surface area contributed by atoms with Crippen molar-refractivity contribution in [2.24, 2.45) is 0 Å². The third-order valence-corrected chi connectivity index (χ3v) is 2.86. The van der Waals surface area contributed by atoms with Crippen molar-refractivity contribution in [1.82, 2.24) is 0 Å². The molecule has 1 unspecified atom stereocenters. The second-order valence-electron chi connectivity index (χ2n) is 2.59. The minimum Gasteiger partial charge on any atom is -0.478 e. The van der Waals surface area contributed by atoms with E-state index in [0.717, 1.165) is 0 Å². The minimum absolute atomic E-state index is 0.0509. The summed E-state index contributed by atoms with van der Waals surface area (Å²) < 4.78 is 15.6. The first-order chi connectivity index (χ1) is 6.61. The van der Waals surface area contributed by atoms with Gasteiger partial charge in [0.05, 0.1) is 11.1 Å². The van der Waals surface area contributed by atoms with E-state index < -0.39 is 23.0 Å². The molecule has 1 atom stereocenters. The maximum atomic E-state index is 11.2. The van der Waals surface area contributed by atoms with Crippen molar-refractivity contribution in [3.8, 4) is 0 Å². The van der Waals surface area contributed by atoms with E-state index in [4.69, 9.17) is 5.11 Å². The predicted molar refractivity (Wildman–Crippen MR) is 45.2 cm³/mol. The maximum Gasteiger partial charge on any atom is 0.353 e. The number of benzene rings is 1. The van der Waals surface area contributed by atoms with Gasteiger partial charge in [0.25, 0.3) is 0 Å². The normalized spacial score (nSPS) is 18.9. The molecule has 0 aromatic heterocycles. The third kappa shape index (κ3) is 1.12. The van der Waals surface area contributed by atoms with Crippen molar-refractivity contribution in [3.05, 3.63) is 29.3 Å². The molecule has 1 aliphatic rings. The molecule has 0 spiro atoms. The average molecular weight is 212 g/mol. The van der Waals surface area contributed by atoms with E-state index >= 15 is 0 Å². The molecule has 2 rings (SSSR count). The van der Waals surface area contributed by atoms with E-state index in [2.05, 4.69) is 4.18 Å². The molecule has 0 saturated heterocycles. The van der Waals surface area contributed by atoms with E-state index in [9.17, 15) is 13.8 Å². The molecule has 1 aliphatic heterocycles. The number of carbonyl (C=O) groups excluding carboxylic acids is 1. The Morgan fingerprint density at radius 1 is 1.43 bits per heavy atom. The summed E-state index contributed by atoms with van der Waals surface area (Å²) in [5.74, 6) is -1.98. The number of carboxylic acid groups (broad SMARTS) is 1. The monoisotopic (exact) mass is 212 g/mol. The van der Waals surface area contributed by atoms with Gasteiger partial charge in [-0.1, -0.05) is 6.07 Å². The van der Waals surface area contributed by atoms with Gasteiger partial charge in [0, 0.05) is 0 Å². The lowest BCUT2D eigenvalue weighted by Gasteiger charge is -1.97. The first-order valence-electron chi connectivity index (χ1n) is 3.62. The van der Waals surface area contributed by atoms with Crippen molar-refractivity contribution in [1.29, 1.82) is 0 Å². The molecule has 0 radical (unpaired) electrons. The zero-order chi connectivity index (χ0) is 10.3. The number of fused-ring (bicyclic) bond motifs is 1. The van der Waals surface area contributed by atoms with Crippen LogP contribution in [-0.2, 0) is 15.3 Å². The minimum atomic E-state index is -1.99. The number of carboxylic acids is 1. The maximum absolute atomic E-state index is 11.2. The van der Waals surface area contributed by atoms with E-state index in [1.54, 1.807) is 0 Å². The zero-order valence-electron chi connectivity index (χ0n) is 6.72. The molecular weight excluding hydrogens is 208 g/mol. The topological polar surface area (TPSA) is 80.7 Å². The molecule has 6 heteroatoms. The number of hydrogen-bond acceptors (Lipinski definition) is 4. The number of aromatic carboxylic acids is 1. The number of carbonyl (C=O) groups is 2. The van der Waals surface area contributed by atoms with Crippen LogP contribution in [0, 0.1) is 0 Å². The molecule has 0 saturated carbocycles. The lowest BCUT2D eigenvalue weighted by Crippen LogP contribution is -2.02. The van der Waals surface area contributed by atoms with Gasteiger partial charge in [0.2, 0.25) is 11.1 Å². The summed E-state index contributed by atoms with van der Waals surface area (Å²) in [7, 11) is 0. The highest BCUT2D eigenvalue weighted by Crippen LogP contribution is 2.27. The summed E-state index contributed by atoms with van der Waals surface area (Å²) in [4.78, 5) is 21.7. The first kappa shape index (κ1) is 8.89. The highest BCUT2D eigenvalue weighted by atomic mass is 32.2. The fourth-order valence-electron chi connectivity index (χ4n) is 1.20. The van der Waals surface area contributed by atoms with Gasteiger partial charge in [0.15, 0.2) is 0 Å². The molecule has 1 aromatic carbocycles. The summed E-state index contributed by atoms with van der Waals surface area (Å²) in [5, 5.41) is 8.75. The standard InChI is InChI=1S/C8H4O5S/c9-7(10)4-2-1-3-5-6(4)14(12)13-8(5)11/h1-3H,(H,9,10). The SMILES string of the molecule is O=C(O)c1cccc2c1S(=O)OC2=O. The Balaban J connectivity index is 2.74. The van der Waals surface area contributed by atoms with Crippen LogP contribution in [-0.4, -0.2) is 21.3 Å². The van der Waals surface area contributed by atoms with Crippen LogP contribution in [0.1, 0.15) is 20.7 Å². The van der Waals surface area contributed by atoms with E-state index in [1.165, 1.54) is 18.2 Å². The van der Waals surface area contributed by atoms with Crippen LogP contribution in [0.5, 0.6) is 0 Å². The van der Waals surface area contributed by atoms with Gasteiger partial charge in [-0.3, -0.25) is 0 Å². The molecular formula is C8H4O5S. The predicted octanol–water partition coefficient (Wildman–Crippen LogP) is 0.578. The lowest BCUT2D eigenvalue weighted by atomic mass is 10.1. The number of hydrogen-bond donors (Lipinski definition) is 1. The largest absolute Gasteiger partial charge is 0.478 e. The van der Waals surface area contributed by atoms with Crippen molar-refractivity contribution in [2.75, 3.05) is 0 Å². The van der Waals surface area contributed by atoms with E-state index in [0.29, 0.717) is 0 Å². The Labute approximate surface area is 81.0 Å². The molecule has 0 amide bonds. The van der Waals surface area contributed by atoms with Crippen molar-refractivity contribution < 1.29 is 23.1 Å². The summed E-state index contributed by atoms with van der Waals surface area (Å²) in [6.45, 7) is 0. The van der Waals surface area contributed by atoms with Crippen molar-refractivity contribution >= 4 is 23.0 Å². The fraction of sp³-hybridized carbons (Fsp3) is 0. The second-order valence-corrected chi connectivity index (χ2v) is 3.64. The molecule has 0 fully saturated rings. The Morgan fingerprint density at radius 2 is 2.14 bits per heavy atom. The summed E-state index contributed by atoms with van der Waals surface area (Å²) in [6.07, 6.45) is 0. The first-order valence-corrected chi connectivity index (χ1v) is 4.69. The Morgan fingerprint density at radius 3 is 2.79 bits per heavy atom. The highest BCUT2D eigenvalue weighted by molar-refractivity contribution is 7.81. The molecule has 5 nitrogen and oxygen atoms in total. The smallest absolute Gasteiger partial charge is 0.353 e. The molecule has 0 aliphatic carbocycles. The van der Waals surface area contributed by atoms with Gasteiger partial charge in [-0.15, -0.1) is 0 Å². The van der Waals surface area contributed by atoms with Gasteiger partial charge in [0.1, 0.15) is 4.90 Å². The Bertz CT molecular complexity index is 465. The fourth-order valence-corrected chi connectivity index (χ4v) is 2.18. The second kappa shape index (κ2) is 2.91. The van der Waals surface area contributed by atoms with E-state index in [1.807, 2.05) is 0 Å². The molecule has 0 bridgehead atoms. The molecule has 1 heterocycles. The van der Waals surface area contributed by atoms with Crippen molar-refractivity contribution in [2.45, 2.75) is 4.90 Å². The van der Waals surface area contributed by atoms with Crippen LogP contribution in [0.3, 0.4) is 0 Å².